The quantitative estimate of drug-likeness (QED) is 0.712. The fraction of sp³-hybridized carbons (Fsp3) is 0.200. The number of carbonyl (C=O) groups is 2. The van der Waals surface area contributed by atoms with Crippen molar-refractivity contribution in [2.24, 2.45) is 0 Å². The largest absolute Gasteiger partial charge is 0.335 e. The molecule has 3 heterocycles. The zero-order valence-corrected chi connectivity index (χ0v) is 15.4. The molecule has 8 heteroatoms. The van der Waals surface area contributed by atoms with Gasteiger partial charge in [0.2, 0.25) is 5.91 Å². The number of amides is 2. The van der Waals surface area contributed by atoms with Gasteiger partial charge in [-0.05, 0) is 35.9 Å². The number of nitrogens with one attached hydrogen (secondary N) is 2. The average molecular weight is 376 g/mol. The first-order valence-corrected chi connectivity index (χ1v) is 8.98. The summed E-state index contributed by atoms with van der Waals surface area (Å²) < 4.78 is 1.72. The van der Waals surface area contributed by atoms with Gasteiger partial charge in [-0.3, -0.25) is 14.3 Å². The predicted octanol–water partition coefficient (Wildman–Crippen LogP) is 2.19. The molecular weight excluding hydrogens is 356 g/mol. The monoisotopic (exact) mass is 376 g/mol. The van der Waals surface area contributed by atoms with E-state index in [2.05, 4.69) is 20.7 Å². The zero-order chi connectivity index (χ0) is 19.5. The van der Waals surface area contributed by atoms with Gasteiger partial charge in [0.25, 0.3) is 5.91 Å². The van der Waals surface area contributed by atoms with Crippen LogP contribution < -0.4 is 15.5 Å². The Kier molecular flexibility index (Phi) is 4.76. The Balaban J connectivity index is 1.48. The second kappa shape index (κ2) is 7.51. The van der Waals surface area contributed by atoms with Crippen LogP contribution in [0.1, 0.15) is 28.5 Å². The van der Waals surface area contributed by atoms with Crippen LogP contribution in [0.2, 0.25) is 0 Å². The highest BCUT2D eigenvalue weighted by molar-refractivity contribution is 6.01. The number of carbonyl (C=O) groups excluding carboxylic acids is 2. The lowest BCUT2D eigenvalue weighted by molar-refractivity contribution is -0.116. The molecule has 0 spiro atoms. The van der Waals surface area contributed by atoms with Gasteiger partial charge in [-0.1, -0.05) is 12.1 Å². The fourth-order valence-corrected chi connectivity index (χ4v) is 3.24. The number of aryl methyl sites for hydroxylation is 1. The summed E-state index contributed by atoms with van der Waals surface area (Å²) >= 11 is 0. The highest BCUT2D eigenvalue weighted by Gasteiger charge is 2.30. The summed E-state index contributed by atoms with van der Waals surface area (Å²) in [6.07, 6.45) is 5.13. The van der Waals surface area contributed by atoms with Gasteiger partial charge in [0, 0.05) is 44.3 Å². The normalized spacial score (nSPS) is 15.7. The molecular formula is C20H20N6O2. The second-order valence-electron chi connectivity index (χ2n) is 6.55. The third-order valence-corrected chi connectivity index (χ3v) is 4.63. The van der Waals surface area contributed by atoms with Gasteiger partial charge in [-0.25, -0.2) is 4.98 Å². The van der Waals surface area contributed by atoms with Crippen molar-refractivity contribution in [2.75, 3.05) is 17.3 Å². The Hall–Kier alpha value is -3.68. The van der Waals surface area contributed by atoms with Crippen LogP contribution in [0.5, 0.6) is 0 Å². The van der Waals surface area contributed by atoms with E-state index in [1.54, 1.807) is 29.2 Å². The van der Waals surface area contributed by atoms with E-state index in [1.165, 1.54) is 0 Å². The Morgan fingerprint density at radius 1 is 1.21 bits per heavy atom. The topological polar surface area (TPSA) is 92.2 Å². The van der Waals surface area contributed by atoms with Gasteiger partial charge in [0.1, 0.15) is 12.0 Å². The molecule has 1 atom stereocenters. The molecule has 4 rings (SSSR count). The number of hydrogen-bond donors (Lipinski definition) is 2. The molecule has 0 radical (unpaired) electrons. The molecule has 2 aromatic heterocycles. The highest BCUT2D eigenvalue weighted by atomic mass is 16.2. The number of rotatable bonds is 5. The second-order valence-corrected chi connectivity index (χ2v) is 6.55. The van der Waals surface area contributed by atoms with Crippen molar-refractivity contribution in [2.45, 2.75) is 19.1 Å². The van der Waals surface area contributed by atoms with E-state index in [1.807, 2.05) is 48.5 Å². The molecule has 142 valence electrons. The van der Waals surface area contributed by atoms with Gasteiger partial charge in [-0.2, -0.15) is 5.10 Å². The number of fused-ring (bicyclic) bond motifs is 1. The summed E-state index contributed by atoms with van der Waals surface area (Å²) in [6, 6.07) is 12.8. The van der Waals surface area contributed by atoms with Crippen molar-refractivity contribution in [3.05, 3.63) is 72.2 Å². The van der Waals surface area contributed by atoms with E-state index in [0.717, 1.165) is 5.56 Å². The van der Waals surface area contributed by atoms with Crippen molar-refractivity contribution in [1.29, 1.82) is 0 Å². The van der Waals surface area contributed by atoms with E-state index < -0.39 is 0 Å². The van der Waals surface area contributed by atoms with Gasteiger partial charge >= 0.3 is 0 Å². The molecule has 0 saturated heterocycles. The van der Waals surface area contributed by atoms with Crippen LogP contribution in [-0.2, 0) is 11.3 Å². The van der Waals surface area contributed by atoms with Crippen LogP contribution in [0.3, 0.4) is 0 Å². The van der Waals surface area contributed by atoms with E-state index in [9.17, 15) is 9.59 Å². The number of anilines is 2. The third-order valence-electron chi connectivity index (χ3n) is 4.63. The molecule has 0 aliphatic carbocycles. The van der Waals surface area contributed by atoms with Gasteiger partial charge in [0.05, 0.1) is 5.56 Å². The Labute approximate surface area is 162 Å². The molecule has 1 aliphatic heterocycles. The van der Waals surface area contributed by atoms with Crippen LogP contribution in [0.25, 0.3) is 0 Å². The summed E-state index contributed by atoms with van der Waals surface area (Å²) in [5.41, 5.74) is 2.08. The molecule has 1 aliphatic rings. The summed E-state index contributed by atoms with van der Waals surface area (Å²) in [6.45, 7) is 0.516. The number of pyridine rings is 1. The number of hydrogen-bond acceptors (Lipinski definition) is 5. The van der Waals surface area contributed by atoms with Crippen LogP contribution in [0.15, 0.2) is 61.1 Å². The minimum Gasteiger partial charge on any atom is -0.335 e. The summed E-state index contributed by atoms with van der Waals surface area (Å²) in [4.78, 5) is 30.9. The minimum absolute atomic E-state index is 0.0966. The first-order chi connectivity index (χ1) is 13.6. The summed E-state index contributed by atoms with van der Waals surface area (Å²) in [7, 11) is 1.88. The van der Waals surface area contributed by atoms with E-state index in [4.69, 9.17) is 0 Å². The Bertz CT molecular complexity index is 1000. The molecule has 8 nitrogen and oxygen atoms in total. The van der Waals surface area contributed by atoms with Crippen LogP contribution in [-0.4, -0.2) is 33.6 Å². The van der Waals surface area contributed by atoms with Gasteiger partial charge in [0.15, 0.2) is 0 Å². The summed E-state index contributed by atoms with van der Waals surface area (Å²) in [5, 5.41) is 9.98. The van der Waals surface area contributed by atoms with Crippen molar-refractivity contribution in [3.63, 3.8) is 0 Å². The maximum Gasteiger partial charge on any atom is 0.256 e. The van der Waals surface area contributed by atoms with Crippen molar-refractivity contribution < 1.29 is 9.59 Å². The lowest BCUT2D eigenvalue weighted by atomic mass is 10.1. The van der Waals surface area contributed by atoms with Crippen molar-refractivity contribution in [3.8, 4) is 0 Å². The number of aromatic nitrogens is 3. The van der Waals surface area contributed by atoms with Crippen molar-refractivity contribution in [1.82, 2.24) is 20.1 Å². The maximum atomic E-state index is 12.4. The number of nitrogens with zero attached hydrogens (tertiary/aromatic N) is 4. The maximum absolute atomic E-state index is 12.4. The summed E-state index contributed by atoms with van der Waals surface area (Å²) in [5.74, 6) is 0.366. The predicted molar refractivity (Wildman–Crippen MR) is 105 cm³/mol. The first-order valence-electron chi connectivity index (χ1n) is 8.98. The van der Waals surface area contributed by atoms with Crippen molar-refractivity contribution >= 4 is 23.3 Å². The zero-order valence-electron chi connectivity index (χ0n) is 15.4. The Morgan fingerprint density at radius 2 is 2.11 bits per heavy atom. The van der Waals surface area contributed by atoms with Crippen LogP contribution >= 0.6 is 0 Å². The lowest BCUT2D eigenvalue weighted by Gasteiger charge is -2.35. The molecule has 2 N–H and O–H groups in total. The first kappa shape index (κ1) is 17.7. The molecule has 0 bridgehead atoms. The van der Waals surface area contributed by atoms with E-state index in [-0.39, 0.29) is 18.0 Å². The SMILES string of the molecule is CN1c2ncccc2C(=O)N[C@H]1c1cccc(NC(=O)CCn2cccn2)c1. The Morgan fingerprint density at radius 3 is 2.93 bits per heavy atom. The minimum atomic E-state index is -0.365. The fourth-order valence-electron chi connectivity index (χ4n) is 3.24. The third kappa shape index (κ3) is 3.57. The molecule has 0 fully saturated rings. The molecule has 0 unspecified atom stereocenters. The van der Waals surface area contributed by atoms with Gasteiger partial charge < -0.3 is 15.5 Å². The smallest absolute Gasteiger partial charge is 0.256 e. The molecule has 1 aromatic carbocycles. The van der Waals surface area contributed by atoms with Gasteiger partial charge in [-0.15, -0.1) is 0 Å². The molecule has 2 amide bonds. The van der Waals surface area contributed by atoms with Crippen LogP contribution in [0.4, 0.5) is 11.5 Å². The van der Waals surface area contributed by atoms with E-state index in [0.29, 0.717) is 30.0 Å². The number of benzene rings is 1. The van der Waals surface area contributed by atoms with Crippen LogP contribution in [0, 0.1) is 0 Å². The standard InChI is InChI=1S/C20H20N6O2/c1-25-18(24-20(28)16-7-3-9-21-19(16)25)14-5-2-6-15(13-14)23-17(27)8-12-26-11-4-10-22-26/h2-7,9-11,13,18H,8,12H2,1H3,(H,23,27)(H,24,28)/t18-/m1/s1. The average Bonchev–Trinajstić information content (AvgIpc) is 3.23. The lowest BCUT2D eigenvalue weighted by Crippen LogP contribution is -2.45. The molecule has 0 saturated carbocycles. The molecule has 28 heavy (non-hydrogen) atoms. The molecule has 3 aromatic rings. The highest BCUT2D eigenvalue weighted by Crippen LogP contribution is 2.30. The van der Waals surface area contributed by atoms with E-state index >= 15 is 0 Å².